The third kappa shape index (κ3) is 3.26. The first-order chi connectivity index (χ1) is 8.63. The quantitative estimate of drug-likeness (QED) is 0.851. The van der Waals surface area contributed by atoms with Gasteiger partial charge in [-0.2, -0.15) is 0 Å². The van der Waals surface area contributed by atoms with Gasteiger partial charge < -0.3 is 10.1 Å². The Labute approximate surface area is 111 Å². The van der Waals surface area contributed by atoms with Gasteiger partial charge in [-0.3, -0.25) is 0 Å². The third-order valence-electron chi connectivity index (χ3n) is 4.26. The number of hydrogen-bond donors (Lipinski definition) is 1. The van der Waals surface area contributed by atoms with Crippen molar-refractivity contribution in [2.75, 3.05) is 13.7 Å². The summed E-state index contributed by atoms with van der Waals surface area (Å²) in [5.41, 5.74) is 1.85. The van der Waals surface area contributed by atoms with Gasteiger partial charge in [-0.05, 0) is 42.9 Å². The Kier molecular flexibility index (Phi) is 4.28. The predicted octanol–water partition coefficient (Wildman–Crippen LogP) is 3.93. The van der Waals surface area contributed by atoms with Crippen LogP contribution in [0.4, 0.5) is 0 Å². The molecular formula is C16H25NO. The second kappa shape index (κ2) is 5.75. The molecule has 2 heteroatoms. The summed E-state index contributed by atoms with van der Waals surface area (Å²) in [5.74, 6) is 0.925. The SMILES string of the molecule is COc1ccc(C(C)NCC2(C)CCCC2)cc1. The number of methoxy groups -OCH3 is 1. The fourth-order valence-electron chi connectivity index (χ4n) is 2.82. The summed E-state index contributed by atoms with van der Waals surface area (Å²) >= 11 is 0. The van der Waals surface area contributed by atoms with Crippen LogP contribution in [0.1, 0.15) is 51.1 Å². The van der Waals surface area contributed by atoms with Crippen molar-refractivity contribution in [2.45, 2.75) is 45.6 Å². The van der Waals surface area contributed by atoms with Crippen molar-refractivity contribution >= 4 is 0 Å². The second-order valence-electron chi connectivity index (χ2n) is 5.89. The van der Waals surface area contributed by atoms with Crippen molar-refractivity contribution in [3.63, 3.8) is 0 Å². The molecule has 1 aliphatic carbocycles. The number of rotatable bonds is 5. The van der Waals surface area contributed by atoms with Crippen molar-refractivity contribution in [3.05, 3.63) is 29.8 Å². The topological polar surface area (TPSA) is 21.3 Å². The molecule has 1 aliphatic rings. The molecule has 0 aromatic heterocycles. The highest BCUT2D eigenvalue weighted by Gasteiger charge is 2.28. The average Bonchev–Trinajstić information content (AvgIpc) is 2.83. The lowest BCUT2D eigenvalue weighted by Gasteiger charge is -2.26. The Balaban J connectivity index is 1.88. The van der Waals surface area contributed by atoms with Gasteiger partial charge in [0.25, 0.3) is 0 Å². The van der Waals surface area contributed by atoms with Gasteiger partial charge in [0, 0.05) is 12.6 Å². The molecule has 0 bridgehead atoms. The van der Waals surface area contributed by atoms with Gasteiger partial charge in [0.15, 0.2) is 0 Å². The summed E-state index contributed by atoms with van der Waals surface area (Å²) < 4.78 is 5.19. The summed E-state index contributed by atoms with van der Waals surface area (Å²) in [5, 5.41) is 3.68. The standard InChI is InChI=1S/C16H25NO/c1-13(14-6-8-15(18-3)9-7-14)17-12-16(2)10-4-5-11-16/h6-9,13,17H,4-5,10-12H2,1-3H3. The van der Waals surface area contributed by atoms with E-state index in [4.69, 9.17) is 4.74 Å². The zero-order valence-electron chi connectivity index (χ0n) is 11.8. The molecule has 0 aliphatic heterocycles. The predicted molar refractivity (Wildman–Crippen MR) is 76.0 cm³/mol. The fraction of sp³-hybridized carbons (Fsp3) is 0.625. The van der Waals surface area contributed by atoms with E-state index < -0.39 is 0 Å². The molecule has 1 fully saturated rings. The summed E-state index contributed by atoms with van der Waals surface area (Å²) in [4.78, 5) is 0. The van der Waals surface area contributed by atoms with Gasteiger partial charge >= 0.3 is 0 Å². The zero-order chi connectivity index (χ0) is 13.0. The molecule has 2 nitrogen and oxygen atoms in total. The highest BCUT2D eigenvalue weighted by Crippen LogP contribution is 2.37. The van der Waals surface area contributed by atoms with Gasteiger partial charge in [-0.25, -0.2) is 0 Å². The number of nitrogens with one attached hydrogen (secondary N) is 1. The van der Waals surface area contributed by atoms with Gasteiger partial charge in [0.1, 0.15) is 5.75 Å². The first-order valence-corrected chi connectivity index (χ1v) is 7.00. The Hall–Kier alpha value is -1.02. The number of ether oxygens (including phenoxy) is 1. The van der Waals surface area contributed by atoms with Crippen molar-refractivity contribution in [3.8, 4) is 5.75 Å². The van der Waals surface area contributed by atoms with Crippen LogP contribution in [0.5, 0.6) is 5.75 Å². The minimum absolute atomic E-state index is 0.410. The average molecular weight is 247 g/mol. The lowest BCUT2D eigenvalue weighted by Crippen LogP contribution is -2.31. The first-order valence-electron chi connectivity index (χ1n) is 7.00. The van der Waals surface area contributed by atoms with Crippen LogP contribution in [0.25, 0.3) is 0 Å². The first kappa shape index (κ1) is 13.4. The maximum absolute atomic E-state index is 5.19. The Morgan fingerprint density at radius 3 is 2.39 bits per heavy atom. The van der Waals surface area contributed by atoms with Gasteiger partial charge in [-0.1, -0.05) is 31.9 Å². The molecule has 1 aromatic carbocycles. The normalized spacial score (nSPS) is 19.7. The van der Waals surface area contributed by atoms with Gasteiger partial charge in [-0.15, -0.1) is 0 Å². The van der Waals surface area contributed by atoms with E-state index in [1.165, 1.54) is 31.2 Å². The third-order valence-corrected chi connectivity index (χ3v) is 4.26. The minimum atomic E-state index is 0.410. The van der Waals surface area contributed by atoms with Crippen LogP contribution < -0.4 is 10.1 Å². The highest BCUT2D eigenvalue weighted by atomic mass is 16.5. The smallest absolute Gasteiger partial charge is 0.118 e. The van der Waals surface area contributed by atoms with E-state index in [1.54, 1.807) is 7.11 Å². The fourth-order valence-corrected chi connectivity index (χ4v) is 2.82. The number of hydrogen-bond acceptors (Lipinski definition) is 2. The molecular weight excluding hydrogens is 222 g/mol. The lowest BCUT2D eigenvalue weighted by molar-refractivity contribution is 0.302. The monoisotopic (exact) mass is 247 g/mol. The number of benzene rings is 1. The summed E-state index contributed by atoms with van der Waals surface area (Å²) in [6.45, 7) is 5.77. The molecule has 0 spiro atoms. The van der Waals surface area contributed by atoms with E-state index in [0.29, 0.717) is 11.5 Å². The molecule has 18 heavy (non-hydrogen) atoms. The van der Waals surface area contributed by atoms with Crippen LogP contribution >= 0.6 is 0 Å². The summed E-state index contributed by atoms with van der Waals surface area (Å²) in [6, 6.07) is 8.77. The van der Waals surface area contributed by atoms with Crippen LogP contribution in [0.2, 0.25) is 0 Å². The van der Waals surface area contributed by atoms with Crippen LogP contribution in [0, 0.1) is 5.41 Å². The zero-order valence-corrected chi connectivity index (χ0v) is 11.8. The molecule has 2 rings (SSSR count). The Morgan fingerprint density at radius 1 is 1.22 bits per heavy atom. The van der Waals surface area contributed by atoms with E-state index in [9.17, 15) is 0 Å². The van der Waals surface area contributed by atoms with Crippen molar-refractivity contribution in [2.24, 2.45) is 5.41 Å². The molecule has 1 saturated carbocycles. The second-order valence-corrected chi connectivity index (χ2v) is 5.89. The van der Waals surface area contributed by atoms with Crippen LogP contribution in [-0.4, -0.2) is 13.7 Å². The molecule has 100 valence electrons. The van der Waals surface area contributed by atoms with Gasteiger partial charge in [0.2, 0.25) is 0 Å². The molecule has 0 amide bonds. The molecule has 0 heterocycles. The molecule has 1 atom stereocenters. The van der Waals surface area contributed by atoms with Gasteiger partial charge in [0.05, 0.1) is 7.11 Å². The van der Waals surface area contributed by atoms with E-state index in [1.807, 2.05) is 12.1 Å². The highest BCUT2D eigenvalue weighted by molar-refractivity contribution is 5.28. The summed E-state index contributed by atoms with van der Waals surface area (Å²) in [6.07, 6.45) is 5.54. The van der Waals surface area contributed by atoms with Crippen LogP contribution in [-0.2, 0) is 0 Å². The molecule has 1 aromatic rings. The van der Waals surface area contributed by atoms with E-state index in [-0.39, 0.29) is 0 Å². The van der Waals surface area contributed by atoms with Crippen molar-refractivity contribution < 1.29 is 4.74 Å². The largest absolute Gasteiger partial charge is 0.497 e. The minimum Gasteiger partial charge on any atom is -0.497 e. The van der Waals surface area contributed by atoms with Crippen LogP contribution in [0.15, 0.2) is 24.3 Å². The molecule has 1 unspecified atom stereocenters. The van der Waals surface area contributed by atoms with E-state index >= 15 is 0 Å². The van der Waals surface area contributed by atoms with E-state index in [2.05, 4.69) is 31.3 Å². The Bertz CT molecular complexity index is 365. The molecule has 1 N–H and O–H groups in total. The van der Waals surface area contributed by atoms with Crippen molar-refractivity contribution in [1.82, 2.24) is 5.32 Å². The van der Waals surface area contributed by atoms with E-state index in [0.717, 1.165) is 12.3 Å². The van der Waals surface area contributed by atoms with Crippen molar-refractivity contribution in [1.29, 1.82) is 0 Å². The maximum atomic E-state index is 5.19. The maximum Gasteiger partial charge on any atom is 0.118 e. The Morgan fingerprint density at radius 2 is 1.83 bits per heavy atom. The van der Waals surface area contributed by atoms with Crippen LogP contribution in [0.3, 0.4) is 0 Å². The summed E-state index contributed by atoms with van der Waals surface area (Å²) in [7, 11) is 1.71. The lowest BCUT2D eigenvalue weighted by atomic mass is 9.88. The molecule has 0 saturated heterocycles. The molecule has 0 radical (unpaired) electrons.